The molecule has 4 nitrogen and oxygen atoms in total. The van der Waals surface area contributed by atoms with Crippen molar-refractivity contribution in [3.05, 3.63) is 0 Å². The molecule has 2 saturated heterocycles. The highest BCUT2D eigenvalue weighted by Gasteiger charge is 2.40. The largest absolute Gasteiger partial charge is 0.372 e. The van der Waals surface area contributed by atoms with Gasteiger partial charge in [-0.1, -0.05) is 0 Å². The Labute approximate surface area is 109 Å². The minimum atomic E-state index is -0.198. The normalized spacial score (nSPS) is 37.7. The molecular weight excluding hydrogens is 240 g/mol. The Bertz CT molecular complexity index is 270. The van der Waals surface area contributed by atoms with Gasteiger partial charge in [-0.05, 0) is 33.7 Å². The molecule has 1 N–H and O–H groups in total. The number of nitrogens with zero attached hydrogens (tertiary/aromatic N) is 1. The van der Waals surface area contributed by atoms with E-state index >= 15 is 0 Å². The third-order valence-electron chi connectivity index (χ3n) is 3.59. The molecule has 3 atom stereocenters. The zero-order valence-electron chi connectivity index (χ0n) is 10.9. The van der Waals surface area contributed by atoms with Gasteiger partial charge in [0, 0.05) is 19.6 Å². The van der Waals surface area contributed by atoms with Crippen LogP contribution >= 0.6 is 12.4 Å². The van der Waals surface area contributed by atoms with Gasteiger partial charge in [-0.15, -0.1) is 12.4 Å². The topological polar surface area (TPSA) is 41.6 Å². The van der Waals surface area contributed by atoms with E-state index in [0.29, 0.717) is 5.91 Å². The fraction of sp³-hybridized carbons (Fsp3) is 0.917. The van der Waals surface area contributed by atoms with E-state index in [9.17, 15) is 4.79 Å². The Morgan fingerprint density at radius 3 is 2.41 bits per heavy atom. The van der Waals surface area contributed by atoms with Gasteiger partial charge in [-0.25, -0.2) is 0 Å². The Morgan fingerprint density at radius 2 is 1.94 bits per heavy atom. The van der Waals surface area contributed by atoms with E-state index < -0.39 is 0 Å². The minimum Gasteiger partial charge on any atom is -0.372 e. The summed E-state index contributed by atoms with van der Waals surface area (Å²) in [6.45, 7) is 9.37. The number of hydrogen-bond donors (Lipinski definition) is 1. The Morgan fingerprint density at radius 1 is 1.35 bits per heavy atom. The fourth-order valence-corrected chi connectivity index (χ4v) is 2.72. The Kier molecular flexibility index (Phi) is 4.81. The van der Waals surface area contributed by atoms with E-state index in [-0.39, 0.29) is 30.0 Å². The summed E-state index contributed by atoms with van der Waals surface area (Å²) in [5.41, 5.74) is -0.198. The van der Waals surface area contributed by atoms with Crippen LogP contribution in [0.2, 0.25) is 0 Å². The van der Waals surface area contributed by atoms with Crippen molar-refractivity contribution in [1.29, 1.82) is 0 Å². The van der Waals surface area contributed by atoms with Crippen LogP contribution in [-0.4, -0.2) is 49.2 Å². The first kappa shape index (κ1) is 14.7. The van der Waals surface area contributed by atoms with Gasteiger partial charge in [0.2, 0.25) is 5.91 Å². The summed E-state index contributed by atoms with van der Waals surface area (Å²) in [5.74, 6) is 0.291. The molecule has 0 aliphatic carbocycles. The number of halogens is 1. The lowest BCUT2D eigenvalue weighted by Crippen LogP contribution is -2.53. The van der Waals surface area contributed by atoms with Gasteiger partial charge in [-0.2, -0.15) is 0 Å². The van der Waals surface area contributed by atoms with Crippen molar-refractivity contribution in [1.82, 2.24) is 10.2 Å². The second kappa shape index (κ2) is 5.55. The van der Waals surface area contributed by atoms with Crippen molar-refractivity contribution in [2.75, 3.05) is 26.2 Å². The van der Waals surface area contributed by atoms with E-state index in [1.165, 1.54) is 0 Å². The van der Waals surface area contributed by atoms with Crippen LogP contribution in [0.15, 0.2) is 0 Å². The molecule has 0 aromatic carbocycles. The zero-order valence-corrected chi connectivity index (χ0v) is 11.7. The maximum Gasteiger partial charge on any atom is 0.230 e. The number of carbonyl (C=O) groups is 1. The monoisotopic (exact) mass is 262 g/mol. The van der Waals surface area contributed by atoms with E-state index in [1.54, 1.807) is 0 Å². The molecule has 1 amide bonds. The van der Waals surface area contributed by atoms with Gasteiger partial charge in [-0.3, -0.25) is 4.79 Å². The number of morpholine rings is 1. The highest BCUT2D eigenvalue weighted by Crippen LogP contribution is 2.28. The number of hydrogen-bond acceptors (Lipinski definition) is 3. The number of carbonyl (C=O) groups excluding carboxylic acids is 1. The average Bonchev–Trinajstić information content (AvgIpc) is 2.64. The molecule has 0 bridgehead atoms. The van der Waals surface area contributed by atoms with Crippen LogP contribution in [0.4, 0.5) is 0 Å². The lowest BCUT2D eigenvalue weighted by molar-refractivity contribution is -0.152. The molecule has 2 aliphatic rings. The maximum atomic E-state index is 12.4. The molecule has 0 radical (unpaired) electrons. The molecule has 17 heavy (non-hydrogen) atoms. The van der Waals surface area contributed by atoms with Gasteiger partial charge in [0.25, 0.3) is 0 Å². The molecule has 2 rings (SSSR count). The lowest BCUT2D eigenvalue weighted by Gasteiger charge is -2.39. The fourth-order valence-electron chi connectivity index (χ4n) is 2.72. The summed E-state index contributed by atoms with van der Waals surface area (Å²) < 4.78 is 5.65. The molecule has 5 heteroatoms. The van der Waals surface area contributed by atoms with Crippen LogP contribution in [-0.2, 0) is 9.53 Å². The number of ether oxygens (including phenoxy) is 1. The first-order valence-corrected chi connectivity index (χ1v) is 6.17. The molecule has 0 saturated carbocycles. The van der Waals surface area contributed by atoms with E-state index in [1.807, 2.05) is 18.7 Å². The first-order chi connectivity index (χ1) is 7.51. The van der Waals surface area contributed by atoms with Crippen molar-refractivity contribution < 1.29 is 9.53 Å². The average molecular weight is 263 g/mol. The number of amides is 1. The molecular formula is C12H23ClN2O2. The SMILES string of the molecule is CC1CN(C(=O)C2(C)CCNC2)CC(C)O1.Cl. The highest BCUT2D eigenvalue weighted by atomic mass is 35.5. The quantitative estimate of drug-likeness (QED) is 0.768. The smallest absolute Gasteiger partial charge is 0.230 e. The van der Waals surface area contributed by atoms with E-state index in [4.69, 9.17) is 4.74 Å². The summed E-state index contributed by atoms with van der Waals surface area (Å²) in [5, 5.41) is 3.28. The molecule has 2 fully saturated rings. The van der Waals surface area contributed by atoms with Gasteiger partial charge in [0.05, 0.1) is 17.6 Å². The molecule has 0 aromatic heterocycles. The first-order valence-electron chi connectivity index (χ1n) is 6.17. The lowest BCUT2D eigenvalue weighted by atomic mass is 9.87. The van der Waals surface area contributed by atoms with Crippen LogP contribution in [0, 0.1) is 5.41 Å². The van der Waals surface area contributed by atoms with Crippen molar-refractivity contribution in [2.24, 2.45) is 5.41 Å². The predicted molar refractivity (Wildman–Crippen MR) is 69.4 cm³/mol. The van der Waals surface area contributed by atoms with Crippen LogP contribution in [0.5, 0.6) is 0 Å². The summed E-state index contributed by atoms with van der Waals surface area (Å²) >= 11 is 0. The molecule has 0 aromatic rings. The molecule has 3 unspecified atom stereocenters. The van der Waals surface area contributed by atoms with Gasteiger partial charge < -0.3 is 15.0 Å². The third-order valence-corrected chi connectivity index (χ3v) is 3.59. The Balaban J connectivity index is 0.00000144. The molecule has 2 aliphatic heterocycles. The second-order valence-corrected chi connectivity index (χ2v) is 5.45. The van der Waals surface area contributed by atoms with E-state index in [2.05, 4.69) is 12.2 Å². The molecule has 0 spiro atoms. The number of rotatable bonds is 1. The van der Waals surface area contributed by atoms with Gasteiger partial charge in [0.15, 0.2) is 0 Å². The van der Waals surface area contributed by atoms with Crippen LogP contribution < -0.4 is 5.32 Å². The highest BCUT2D eigenvalue weighted by molar-refractivity contribution is 5.85. The summed E-state index contributed by atoms with van der Waals surface area (Å²) in [7, 11) is 0. The van der Waals surface area contributed by atoms with Crippen molar-refractivity contribution >= 4 is 18.3 Å². The maximum absolute atomic E-state index is 12.4. The van der Waals surface area contributed by atoms with Crippen LogP contribution in [0.1, 0.15) is 27.2 Å². The van der Waals surface area contributed by atoms with Crippen molar-refractivity contribution in [2.45, 2.75) is 39.4 Å². The third kappa shape index (κ3) is 3.12. The standard InChI is InChI=1S/C12H22N2O2.ClH/c1-9-6-14(7-10(2)16-9)11(15)12(3)4-5-13-8-12;/h9-10,13H,4-8H2,1-3H3;1H. The number of nitrogens with one attached hydrogen (secondary N) is 1. The van der Waals surface area contributed by atoms with Gasteiger partial charge >= 0.3 is 0 Å². The Hall–Kier alpha value is -0.320. The van der Waals surface area contributed by atoms with Gasteiger partial charge in [0.1, 0.15) is 0 Å². The van der Waals surface area contributed by atoms with E-state index in [0.717, 1.165) is 32.6 Å². The van der Waals surface area contributed by atoms with Crippen molar-refractivity contribution in [3.8, 4) is 0 Å². The predicted octanol–water partition coefficient (Wildman–Crippen LogP) is 1.04. The molecule has 100 valence electrons. The second-order valence-electron chi connectivity index (χ2n) is 5.45. The van der Waals surface area contributed by atoms with Crippen LogP contribution in [0.3, 0.4) is 0 Å². The summed E-state index contributed by atoms with van der Waals surface area (Å²) in [4.78, 5) is 14.4. The summed E-state index contributed by atoms with van der Waals surface area (Å²) in [6, 6.07) is 0. The zero-order chi connectivity index (χ0) is 11.8. The molecule has 2 heterocycles. The van der Waals surface area contributed by atoms with Crippen molar-refractivity contribution in [3.63, 3.8) is 0 Å². The minimum absolute atomic E-state index is 0. The summed E-state index contributed by atoms with van der Waals surface area (Å²) in [6.07, 6.45) is 1.27. The van der Waals surface area contributed by atoms with Crippen LogP contribution in [0.25, 0.3) is 0 Å².